The van der Waals surface area contributed by atoms with Gasteiger partial charge in [-0.3, -0.25) is 9.59 Å². The Morgan fingerprint density at radius 2 is 1.69 bits per heavy atom. The molecule has 0 aliphatic rings. The van der Waals surface area contributed by atoms with Crippen molar-refractivity contribution >= 4 is 23.5 Å². The van der Waals surface area contributed by atoms with Crippen molar-refractivity contribution in [3.63, 3.8) is 0 Å². The van der Waals surface area contributed by atoms with Crippen molar-refractivity contribution in [1.82, 2.24) is 5.32 Å². The number of alkyl carbamates (subject to hydrolysis) is 1. The van der Waals surface area contributed by atoms with Gasteiger partial charge in [-0.2, -0.15) is 0 Å². The van der Waals surface area contributed by atoms with Crippen LogP contribution in [0.3, 0.4) is 0 Å². The van der Waals surface area contributed by atoms with E-state index in [9.17, 15) is 14.4 Å². The maximum absolute atomic E-state index is 13.0. The van der Waals surface area contributed by atoms with Crippen molar-refractivity contribution in [3.8, 4) is 0 Å². The molecule has 6 nitrogen and oxygen atoms in total. The maximum atomic E-state index is 13.0. The van der Waals surface area contributed by atoms with Crippen molar-refractivity contribution in [1.29, 1.82) is 0 Å². The molecule has 0 aliphatic carbocycles. The van der Waals surface area contributed by atoms with E-state index in [1.807, 2.05) is 37.3 Å². The molecule has 0 saturated heterocycles. The van der Waals surface area contributed by atoms with E-state index >= 15 is 0 Å². The molecule has 0 saturated carbocycles. The van der Waals surface area contributed by atoms with Crippen LogP contribution >= 0.6 is 0 Å². The molecular formula is C23H28N2O4. The van der Waals surface area contributed by atoms with E-state index in [2.05, 4.69) is 10.6 Å². The topological polar surface area (TPSA) is 84.5 Å². The molecule has 2 rings (SSSR count). The van der Waals surface area contributed by atoms with Gasteiger partial charge in [0.05, 0.1) is 0 Å². The number of amides is 2. The number of hydrogen-bond donors (Lipinski definition) is 2. The molecule has 0 fully saturated rings. The minimum absolute atomic E-state index is 0.0896. The first-order valence-electron chi connectivity index (χ1n) is 9.51. The van der Waals surface area contributed by atoms with Crippen LogP contribution in [-0.4, -0.2) is 29.4 Å². The van der Waals surface area contributed by atoms with Crippen LogP contribution in [0.2, 0.25) is 0 Å². The molecule has 2 N–H and O–H groups in total. The molecule has 0 aliphatic heterocycles. The summed E-state index contributed by atoms with van der Waals surface area (Å²) in [5.41, 5.74) is 2.08. The third kappa shape index (κ3) is 7.07. The predicted octanol–water partition coefficient (Wildman–Crippen LogP) is 4.27. The number of nitrogens with one attached hydrogen (secondary N) is 2. The van der Waals surface area contributed by atoms with Gasteiger partial charge in [-0.15, -0.1) is 0 Å². The fourth-order valence-electron chi connectivity index (χ4n) is 2.70. The lowest BCUT2D eigenvalue weighted by molar-refractivity contribution is -0.118. The molecule has 0 heterocycles. The lowest BCUT2D eigenvalue weighted by Gasteiger charge is -2.23. The Balaban J connectivity index is 2.23. The van der Waals surface area contributed by atoms with E-state index in [0.717, 1.165) is 11.1 Å². The molecule has 0 aromatic heterocycles. The van der Waals surface area contributed by atoms with Gasteiger partial charge in [0.2, 0.25) is 5.91 Å². The zero-order valence-electron chi connectivity index (χ0n) is 17.5. The van der Waals surface area contributed by atoms with E-state index in [4.69, 9.17) is 4.74 Å². The summed E-state index contributed by atoms with van der Waals surface area (Å²) in [4.78, 5) is 36.9. The number of rotatable bonds is 6. The van der Waals surface area contributed by atoms with Crippen molar-refractivity contribution < 1.29 is 19.1 Å². The smallest absolute Gasteiger partial charge is 0.408 e. The van der Waals surface area contributed by atoms with Gasteiger partial charge >= 0.3 is 6.09 Å². The average molecular weight is 396 g/mol. The Kier molecular flexibility index (Phi) is 7.15. The van der Waals surface area contributed by atoms with E-state index in [1.165, 1.54) is 6.92 Å². The number of ketones is 1. The van der Waals surface area contributed by atoms with E-state index in [0.29, 0.717) is 17.7 Å². The van der Waals surface area contributed by atoms with Crippen molar-refractivity contribution in [2.24, 2.45) is 0 Å². The van der Waals surface area contributed by atoms with Crippen molar-refractivity contribution in [3.05, 3.63) is 65.2 Å². The SMILES string of the molecule is CC(=O)c1ccc(C)c(NC(=O)C(Cc2ccccc2)NC(=O)OC(C)(C)C)c1. The normalized spacial score (nSPS) is 12.0. The number of carbonyl (C=O) groups is 3. The van der Waals surface area contributed by atoms with Crippen LogP contribution in [0.1, 0.15) is 49.2 Å². The fraction of sp³-hybridized carbons (Fsp3) is 0.348. The monoisotopic (exact) mass is 396 g/mol. The molecule has 1 atom stereocenters. The van der Waals surface area contributed by atoms with E-state index < -0.39 is 17.7 Å². The molecule has 0 bridgehead atoms. The molecule has 2 amide bonds. The molecule has 2 aromatic rings. The van der Waals surface area contributed by atoms with Crippen LogP contribution < -0.4 is 10.6 Å². The Morgan fingerprint density at radius 1 is 1.03 bits per heavy atom. The quantitative estimate of drug-likeness (QED) is 0.714. The third-order valence-corrected chi connectivity index (χ3v) is 4.19. The Morgan fingerprint density at radius 3 is 2.28 bits per heavy atom. The van der Waals surface area contributed by atoms with Gasteiger partial charge in [0.25, 0.3) is 0 Å². The van der Waals surface area contributed by atoms with Gasteiger partial charge in [0.15, 0.2) is 5.78 Å². The van der Waals surface area contributed by atoms with Crippen LogP contribution in [0.4, 0.5) is 10.5 Å². The molecule has 0 spiro atoms. The molecule has 154 valence electrons. The Hall–Kier alpha value is -3.15. The predicted molar refractivity (Wildman–Crippen MR) is 113 cm³/mol. The lowest BCUT2D eigenvalue weighted by Crippen LogP contribution is -2.47. The Bertz CT molecular complexity index is 885. The van der Waals surface area contributed by atoms with Gasteiger partial charge in [0, 0.05) is 17.7 Å². The first-order valence-corrected chi connectivity index (χ1v) is 9.51. The molecule has 6 heteroatoms. The molecular weight excluding hydrogens is 368 g/mol. The summed E-state index contributed by atoms with van der Waals surface area (Å²) in [6.45, 7) is 8.59. The van der Waals surface area contributed by atoms with Gasteiger partial charge in [0.1, 0.15) is 11.6 Å². The number of benzene rings is 2. The summed E-state index contributed by atoms with van der Waals surface area (Å²) in [5.74, 6) is -0.475. The highest BCUT2D eigenvalue weighted by Gasteiger charge is 2.25. The highest BCUT2D eigenvalue weighted by atomic mass is 16.6. The minimum Gasteiger partial charge on any atom is -0.444 e. The summed E-state index contributed by atoms with van der Waals surface area (Å²) >= 11 is 0. The highest BCUT2D eigenvalue weighted by molar-refractivity contribution is 6.00. The van der Waals surface area contributed by atoms with E-state index in [1.54, 1.807) is 39.0 Å². The van der Waals surface area contributed by atoms with Gasteiger partial charge in [-0.25, -0.2) is 4.79 Å². The summed E-state index contributed by atoms with van der Waals surface area (Å²) in [5, 5.41) is 5.49. The zero-order chi connectivity index (χ0) is 21.6. The first kappa shape index (κ1) is 22.1. The van der Waals surface area contributed by atoms with E-state index in [-0.39, 0.29) is 11.7 Å². The van der Waals surface area contributed by atoms with Crippen LogP contribution in [0.5, 0.6) is 0 Å². The second kappa shape index (κ2) is 9.37. The van der Waals surface area contributed by atoms with Gasteiger partial charge in [-0.05, 0) is 51.8 Å². The first-order chi connectivity index (χ1) is 13.5. The van der Waals surface area contributed by atoms with Gasteiger partial charge < -0.3 is 15.4 Å². The highest BCUT2D eigenvalue weighted by Crippen LogP contribution is 2.18. The minimum atomic E-state index is -0.840. The summed E-state index contributed by atoms with van der Waals surface area (Å²) < 4.78 is 5.31. The number of Topliss-reactive ketones (excluding diaryl/α,β-unsaturated/α-hetero) is 1. The average Bonchev–Trinajstić information content (AvgIpc) is 2.62. The number of hydrogen-bond acceptors (Lipinski definition) is 4. The number of aryl methyl sites for hydroxylation is 1. The van der Waals surface area contributed by atoms with Crippen LogP contribution in [-0.2, 0) is 16.0 Å². The fourth-order valence-corrected chi connectivity index (χ4v) is 2.70. The second-order valence-electron chi connectivity index (χ2n) is 7.96. The van der Waals surface area contributed by atoms with Gasteiger partial charge in [-0.1, -0.05) is 42.5 Å². The number of anilines is 1. The Labute approximate surface area is 171 Å². The van der Waals surface area contributed by atoms with Crippen molar-refractivity contribution in [2.45, 2.75) is 52.7 Å². The number of carbonyl (C=O) groups excluding carboxylic acids is 3. The maximum Gasteiger partial charge on any atom is 0.408 e. The zero-order valence-corrected chi connectivity index (χ0v) is 17.5. The summed E-state index contributed by atoms with van der Waals surface area (Å²) in [6, 6.07) is 13.7. The molecule has 0 radical (unpaired) electrons. The van der Waals surface area contributed by atoms with Crippen LogP contribution in [0.25, 0.3) is 0 Å². The lowest BCUT2D eigenvalue weighted by atomic mass is 10.0. The summed E-state index contributed by atoms with van der Waals surface area (Å²) in [7, 11) is 0. The standard InChI is InChI=1S/C23H28N2O4/c1-15-11-12-18(16(2)26)14-19(15)24-21(27)20(13-17-9-7-6-8-10-17)25-22(28)29-23(3,4)5/h6-12,14,20H,13H2,1-5H3,(H,24,27)(H,25,28). The molecule has 1 unspecified atom stereocenters. The third-order valence-electron chi connectivity index (χ3n) is 4.19. The summed E-state index contributed by atoms with van der Waals surface area (Å²) in [6.07, 6.45) is -0.361. The van der Waals surface area contributed by atoms with Crippen LogP contribution in [0.15, 0.2) is 48.5 Å². The number of ether oxygens (including phenoxy) is 1. The van der Waals surface area contributed by atoms with Crippen molar-refractivity contribution in [2.75, 3.05) is 5.32 Å². The van der Waals surface area contributed by atoms with Crippen LogP contribution in [0, 0.1) is 6.92 Å². The second-order valence-corrected chi connectivity index (χ2v) is 7.96. The molecule has 2 aromatic carbocycles. The largest absolute Gasteiger partial charge is 0.444 e. The molecule has 29 heavy (non-hydrogen) atoms.